The fourth-order valence-corrected chi connectivity index (χ4v) is 5.72. The molecule has 0 unspecified atom stereocenters. The zero-order valence-electron chi connectivity index (χ0n) is 19.4. The van der Waals surface area contributed by atoms with Gasteiger partial charge in [-0.25, -0.2) is 8.42 Å². The van der Waals surface area contributed by atoms with Gasteiger partial charge in [-0.1, -0.05) is 29.5 Å². The van der Waals surface area contributed by atoms with Crippen LogP contribution in [-0.2, 0) is 28.9 Å². The average Bonchev–Trinajstić information content (AvgIpc) is 3.32. The van der Waals surface area contributed by atoms with Gasteiger partial charge in [0, 0.05) is 44.8 Å². The van der Waals surface area contributed by atoms with Gasteiger partial charge in [-0.05, 0) is 30.7 Å². The van der Waals surface area contributed by atoms with Gasteiger partial charge in [0.05, 0.1) is 22.2 Å². The molecule has 1 aliphatic heterocycles. The molecule has 1 saturated heterocycles. The molecule has 2 heterocycles. The van der Waals surface area contributed by atoms with Gasteiger partial charge in [-0.2, -0.15) is 30.6 Å². The average molecular weight is 548 g/mol. The number of halogens is 6. The van der Waals surface area contributed by atoms with Gasteiger partial charge in [0.15, 0.2) is 0 Å². The smallest absolute Gasteiger partial charge is 0.301 e. The lowest BCUT2D eigenvalue weighted by Gasteiger charge is -2.34. The quantitative estimate of drug-likeness (QED) is 0.411. The molecule has 37 heavy (non-hydrogen) atoms. The second kappa shape index (κ2) is 10.4. The zero-order chi connectivity index (χ0) is 26.8. The molecule has 0 bridgehead atoms. The summed E-state index contributed by atoms with van der Waals surface area (Å²) in [7, 11) is -4.30. The van der Waals surface area contributed by atoms with Crippen LogP contribution in [0.4, 0.5) is 26.3 Å². The summed E-state index contributed by atoms with van der Waals surface area (Å²) in [6, 6.07) is 8.78. The second-order valence-corrected chi connectivity index (χ2v) is 10.4. The molecule has 3 aromatic rings. The van der Waals surface area contributed by atoms with Crippen molar-refractivity contribution in [1.29, 1.82) is 0 Å². The number of benzene rings is 2. The minimum Gasteiger partial charge on any atom is -0.301 e. The Morgan fingerprint density at radius 3 is 2.08 bits per heavy atom. The van der Waals surface area contributed by atoms with E-state index in [0.717, 1.165) is 34.6 Å². The molecule has 200 valence electrons. The van der Waals surface area contributed by atoms with Gasteiger partial charge < -0.3 is 4.90 Å². The Kier molecular flexibility index (Phi) is 7.62. The van der Waals surface area contributed by atoms with Crippen molar-refractivity contribution in [1.82, 2.24) is 24.2 Å². The largest absolute Gasteiger partial charge is 0.417 e. The van der Waals surface area contributed by atoms with Gasteiger partial charge >= 0.3 is 12.4 Å². The van der Waals surface area contributed by atoms with Crippen LogP contribution in [-0.4, -0.2) is 65.3 Å². The summed E-state index contributed by atoms with van der Waals surface area (Å²) in [5.41, 5.74) is -0.989. The molecule has 0 radical (unpaired) electrons. The minimum absolute atomic E-state index is 0.0654. The first-order valence-corrected chi connectivity index (χ1v) is 12.8. The van der Waals surface area contributed by atoms with E-state index in [1.165, 1.54) is 18.2 Å². The maximum atomic E-state index is 13.3. The van der Waals surface area contributed by atoms with Crippen LogP contribution in [0, 0.1) is 0 Å². The van der Waals surface area contributed by atoms with Crippen LogP contribution in [0.2, 0.25) is 0 Å². The minimum atomic E-state index is -4.78. The van der Waals surface area contributed by atoms with Gasteiger partial charge in [0.1, 0.15) is 5.69 Å². The molecule has 7 nitrogen and oxygen atoms in total. The third kappa shape index (κ3) is 6.30. The summed E-state index contributed by atoms with van der Waals surface area (Å²) >= 11 is 0. The molecule has 0 N–H and O–H groups in total. The van der Waals surface area contributed by atoms with E-state index in [1.807, 2.05) is 4.90 Å². The topological polar surface area (TPSA) is 71.3 Å². The van der Waals surface area contributed by atoms with Crippen LogP contribution < -0.4 is 0 Å². The first-order chi connectivity index (χ1) is 17.4. The molecule has 0 atom stereocenters. The lowest BCUT2D eigenvalue weighted by molar-refractivity contribution is -0.140. The highest BCUT2D eigenvalue weighted by Gasteiger charge is 2.39. The summed E-state index contributed by atoms with van der Waals surface area (Å²) in [4.78, 5) is 1.26. The van der Waals surface area contributed by atoms with Crippen LogP contribution >= 0.6 is 0 Å². The van der Waals surface area contributed by atoms with Crippen LogP contribution in [0.1, 0.15) is 17.5 Å². The predicted octanol–water partition coefficient (Wildman–Crippen LogP) is 4.38. The van der Waals surface area contributed by atoms with Crippen molar-refractivity contribution >= 4 is 10.0 Å². The van der Waals surface area contributed by atoms with Crippen LogP contribution in [0.15, 0.2) is 59.6 Å². The second-order valence-electron chi connectivity index (χ2n) is 8.54. The summed E-state index contributed by atoms with van der Waals surface area (Å²) in [5, 5.41) is 8.00. The Morgan fingerprint density at radius 2 is 1.46 bits per heavy atom. The van der Waals surface area contributed by atoms with Crippen molar-refractivity contribution < 1.29 is 34.8 Å². The third-order valence-electron chi connectivity index (χ3n) is 6.05. The standard InChI is InChI=1S/C23H23F6N5O2S/c24-22(25,26)18-8-6-17(7-9-18)20-16-33(31-30-20)11-3-10-32-12-14-34(15-13-32)37(35,36)21-5-2-1-4-19(21)23(27,28)29/h1-2,4-9,16H,3,10-15H2. The highest BCUT2D eigenvalue weighted by Crippen LogP contribution is 2.35. The fourth-order valence-electron chi connectivity index (χ4n) is 4.08. The molecule has 0 spiro atoms. The van der Waals surface area contributed by atoms with E-state index in [2.05, 4.69) is 10.3 Å². The summed E-state index contributed by atoms with van der Waals surface area (Å²) < 4.78 is 106. The molecule has 0 aliphatic carbocycles. The summed E-state index contributed by atoms with van der Waals surface area (Å²) in [6.07, 6.45) is -6.93. The zero-order valence-corrected chi connectivity index (χ0v) is 20.2. The third-order valence-corrected chi connectivity index (χ3v) is 8.01. The molecule has 1 fully saturated rings. The number of hydrogen-bond donors (Lipinski definition) is 0. The van der Waals surface area contributed by atoms with E-state index in [-0.39, 0.29) is 13.1 Å². The van der Waals surface area contributed by atoms with Crippen molar-refractivity contribution in [3.8, 4) is 11.3 Å². The molecule has 1 aromatic heterocycles. The number of sulfonamides is 1. The first kappa shape index (κ1) is 27.1. The monoisotopic (exact) mass is 547 g/mol. The van der Waals surface area contributed by atoms with Gasteiger partial charge in [-0.15, -0.1) is 5.10 Å². The molecule has 14 heteroatoms. The molecule has 0 amide bonds. The molecule has 2 aromatic carbocycles. The normalized spacial score (nSPS) is 16.3. The number of nitrogens with zero attached hydrogens (tertiary/aromatic N) is 5. The first-order valence-electron chi connectivity index (χ1n) is 11.3. The van der Waals surface area contributed by atoms with Gasteiger partial charge in [-0.3, -0.25) is 4.68 Å². The van der Waals surface area contributed by atoms with Gasteiger partial charge in [0.2, 0.25) is 10.0 Å². The lowest BCUT2D eigenvalue weighted by atomic mass is 10.1. The van der Waals surface area contributed by atoms with Crippen molar-refractivity contribution in [2.45, 2.75) is 30.2 Å². The van der Waals surface area contributed by atoms with E-state index in [1.54, 1.807) is 10.9 Å². The van der Waals surface area contributed by atoms with E-state index in [0.29, 0.717) is 43.9 Å². The van der Waals surface area contributed by atoms with Crippen LogP contribution in [0.3, 0.4) is 0 Å². The van der Waals surface area contributed by atoms with E-state index in [4.69, 9.17) is 0 Å². The summed E-state index contributed by atoms with van der Waals surface area (Å²) in [6.45, 7) is 1.93. The van der Waals surface area contributed by atoms with Crippen molar-refractivity contribution in [3.63, 3.8) is 0 Å². The van der Waals surface area contributed by atoms with Crippen LogP contribution in [0.25, 0.3) is 11.3 Å². The maximum Gasteiger partial charge on any atom is 0.417 e. The number of alkyl halides is 6. The Labute approximate surface area is 209 Å². The molecule has 4 rings (SSSR count). The van der Waals surface area contributed by atoms with Crippen molar-refractivity contribution in [3.05, 3.63) is 65.9 Å². The van der Waals surface area contributed by atoms with Crippen LogP contribution in [0.5, 0.6) is 0 Å². The highest BCUT2D eigenvalue weighted by atomic mass is 32.2. The van der Waals surface area contributed by atoms with Crippen molar-refractivity contribution in [2.75, 3.05) is 32.7 Å². The van der Waals surface area contributed by atoms with Crippen molar-refractivity contribution in [2.24, 2.45) is 0 Å². The number of hydrogen-bond acceptors (Lipinski definition) is 5. The number of aromatic nitrogens is 3. The molecule has 1 aliphatic rings. The van der Waals surface area contributed by atoms with E-state index < -0.39 is 38.4 Å². The molecule has 0 saturated carbocycles. The molecular weight excluding hydrogens is 524 g/mol. The highest BCUT2D eigenvalue weighted by molar-refractivity contribution is 7.89. The van der Waals surface area contributed by atoms with E-state index >= 15 is 0 Å². The van der Waals surface area contributed by atoms with E-state index in [9.17, 15) is 34.8 Å². The lowest BCUT2D eigenvalue weighted by Crippen LogP contribution is -2.49. The predicted molar refractivity (Wildman–Crippen MR) is 122 cm³/mol. The number of piperazine rings is 1. The number of aryl methyl sites for hydroxylation is 1. The Hall–Kier alpha value is -2.97. The Balaban J connectivity index is 1.28. The SMILES string of the molecule is O=S(=O)(c1ccccc1C(F)(F)F)N1CCN(CCCn2cc(-c3ccc(C(F)(F)F)cc3)nn2)CC1. The Morgan fingerprint density at radius 1 is 0.811 bits per heavy atom. The van der Waals surface area contributed by atoms with Gasteiger partial charge in [0.25, 0.3) is 0 Å². The maximum absolute atomic E-state index is 13.3. The fraction of sp³-hybridized carbons (Fsp3) is 0.391. The molecular formula is C23H23F6N5O2S. The number of rotatable bonds is 7. The summed E-state index contributed by atoms with van der Waals surface area (Å²) in [5.74, 6) is 0. The Bertz CT molecular complexity index is 1310.